The lowest BCUT2D eigenvalue weighted by atomic mass is 10.0. The van der Waals surface area contributed by atoms with Crippen LogP contribution < -0.4 is 9.47 Å². The maximum Gasteiger partial charge on any atom is 0.254 e. The van der Waals surface area contributed by atoms with Gasteiger partial charge in [-0.2, -0.15) is 9.83 Å². The highest BCUT2D eigenvalue weighted by Gasteiger charge is 2.18. The minimum absolute atomic E-state index is 0.218. The number of aromatic amines is 1. The van der Waals surface area contributed by atoms with Crippen molar-refractivity contribution in [1.29, 1.82) is 0 Å². The Balaban J connectivity index is 1.63. The highest BCUT2D eigenvalue weighted by atomic mass is 19.1. The van der Waals surface area contributed by atoms with Crippen molar-refractivity contribution in [2.75, 3.05) is 13.7 Å². The lowest BCUT2D eigenvalue weighted by Gasteiger charge is -2.19. The van der Waals surface area contributed by atoms with Crippen molar-refractivity contribution in [2.45, 2.75) is 13.5 Å². The number of nitrogens with one attached hydrogen (secondary N) is 1. The Bertz CT molecular complexity index is 1250. The minimum Gasteiger partial charge on any atom is -0.619 e. The number of ether oxygens (including phenoxy) is 1. The summed E-state index contributed by atoms with van der Waals surface area (Å²) < 4.78 is 20.1. The van der Waals surface area contributed by atoms with E-state index in [1.165, 1.54) is 29.4 Å². The molecule has 0 saturated carbocycles. The van der Waals surface area contributed by atoms with Crippen LogP contribution in [-0.2, 0) is 6.54 Å². The third-order valence-electron chi connectivity index (χ3n) is 4.96. The smallest absolute Gasteiger partial charge is 0.254 e. The molecule has 2 aromatic heterocycles. The van der Waals surface area contributed by atoms with E-state index >= 15 is 0 Å². The Kier molecular flexibility index (Phi) is 5.53. The summed E-state index contributed by atoms with van der Waals surface area (Å²) in [5.41, 5.74) is 3.17. The second-order valence-electron chi connectivity index (χ2n) is 7.16. The summed E-state index contributed by atoms with van der Waals surface area (Å²) in [7, 11) is 1.66. The molecule has 4 aromatic rings. The maximum absolute atomic E-state index is 13.7. The van der Waals surface area contributed by atoms with Crippen LogP contribution in [0.5, 0.6) is 5.75 Å². The van der Waals surface area contributed by atoms with E-state index in [1.807, 2.05) is 6.92 Å². The van der Waals surface area contributed by atoms with E-state index < -0.39 is 0 Å². The van der Waals surface area contributed by atoms with E-state index in [1.54, 1.807) is 43.6 Å². The quantitative estimate of drug-likeness (QED) is 0.381. The average molecular weight is 420 g/mol. The van der Waals surface area contributed by atoms with Gasteiger partial charge in [0.1, 0.15) is 11.6 Å². The van der Waals surface area contributed by atoms with Gasteiger partial charge < -0.3 is 14.8 Å². The predicted molar refractivity (Wildman–Crippen MR) is 114 cm³/mol. The first kappa shape index (κ1) is 20.3. The van der Waals surface area contributed by atoms with Gasteiger partial charge in [0.15, 0.2) is 12.4 Å². The molecule has 0 atom stereocenters. The molecule has 0 radical (unpaired) electrons. The van der Waals surface area contributed by atoms with Crippen LogP contribution in [-0.4, -0.2) is 34.7 Å². The molecule has 31 heavy (non-hydrogen) atoms. The second kappa shape index (κ2) is 8.43. The fourth-order valence-corrected chi connectivity index (χ4v) is 3.54. The van der Waals surface area contributed by atoms with Gasteiger partial charge in [-0.15, -0.1) is 0 Å². The van der Waals surface area contributed by atoms with Gasteiger partial charge in [0.25, 0.3) is 5.91 Å². The van der Waals surface area contributed by atoms with Gasteiger partial charge in [-0.3, -0.25) is 9.89 Å². The highest BCUT2D eigenvalue weighted by molar-refractivity contribution is 5.95. The largest absolute Gasteiger partial charge is 0.619 e. The Morgan fingerprint density at radius 2 is 2.10 bits per heavy atom. The zero-order valence-corrected chi connectivity index (χ0v) is 17.1. The molecular weight excluding hydrogens is 399 g/mol. The number of benzene rings is 2. The number of rotatable bonds is 6. The zero-order chi connectivity index (χ0) is 22.0. The van der Waals surface area contributed by atoms with Crippen LogP contribution >= 0.6 is 0 Å². The molecule has 0 aliphatic carbocycles. The fraction of sp³-hybridized carbons (Fsp3) is 0.174. The number of amides is 1. The molecule has 0 fully saturated rings. The third-order valence-corrected chi connectivity index (χ3v) is 4.96. The number of carbonyl (C=O) groups excluding carboxylic acids is 1. The van der Waals surface area contributed by atoms with E-state index in [2.05, 4.69) is 10.2 Å². The molecule has 1 N–H and O–H groups in total. The average Bonchev–Trinajstić information content (AvgIpc) is 3.22. The lowest BCUT2D eigenvalue weighted by molar-refractivity contribution is -0.604. The predicted octanol–water partition coefficient (Wildman–Crippen LogP) is 3.67. The standard InChI is InChI=1S/C23H21FN4O3/c1-3-31-21-10-16(7-8-20(21)15-5-4-6-19(24)9-15)23(29)27(2)12-18-14-28(30)13-17-11-25-26-22(17)18/h4-11,13-14H,3,12H2,1-2H3,(H,25,26). The zero-order valence-electron chi connectivity index (χ0n) is 17.1. The van der Waals surface area contributed by atoms with E-state index in [9.17, 15) is 14.4 Å². The molecule has 0 bridgehead atoms. The first-order chi connectivity index (χ1) is 15.0. The van der Waals surface area contributed by atoms with Crippen molar-refractivity contribution in [2.24, 2.45) is 0 Å². The number of nitrogens with zero attached hydrogens (tertiary/aromatic N) is 3. The third kappa shape index (κ3) is 4.18. The number of pyridine rings is 1. The Morgan fingerprint density at radius 3 is 2.87 bits per heavy atom. The van der Waals surface area contributed by atoms with Crippen molar-refractivity contribution < 1.29 is 18.7 Å². The van der Waals surface area contributed by atoms with Gasteiger partial charge in [-0.05, 0) is 42.8 Å². The van der Waals surface area contributed by atoms with Gasteiger partial charge in [0, 0.05) is 18.2 Å². The summed E-state index contributed by atoms with van der Waals surface area (Å²) in [6, 6.07) is 11.3. The van der Waals surface area contributed by atoms with E-state index in [-0.39, 0.29) is 18.3 Å². The number of aromatic nitrogens is 3. The van der Waals surface area contributed by atoms with Gasteiger partial charge >= 0.3 is 0 Å². The van der Waals surface area contributed by atoms with Gasteiger partial charge in [-0.1, -0.05) is 12.1 Å². The number of H-pyrrole nitrogens is 1. The highest BCUT2D eigenvalue weighted by Crippen LogP contribution is 2.32. The van der Waals surface area contributed by atoms with E-state index in [4.69, 9.17) is 4.74 Å². The summed E-state index contributed by atoms with van der Waals surface area (Å²) in [5, 5.41) is 19.4. The molecule has 0 saturated heterocycles. The van der Waals surface area contributed by atoms with Crippen LogP contribution in [0.4, 0.5) is 4.39 Å². The van der Waals surface area contributed by atoms with Crippen LogP contribution in [0.15, 0.2) is 61.1 Å². The van der Waals surface area contributed by atoms with Gasteiger partial charge in [-0.25, -0.2) is 4.39 Å². The van der Waals surface area contributed by atoms with Gasteiger partial charge in [0.2, 0.25) is 0 Å². The van der Waals surface area contributed by atoms with Crippen molar-refractivity contribution in [3.05, 3.63) is 83.2 Å². The summed E-state index contributed by atoms with van der Waals surface area (Å²) in [4.78, 5) is 14.6. The lowest BCUT2D eigenvalue weighted by Crippen LogP contribution is -2.30. The Morgan fingerprint density at radius 1 is 1.26 bits per heavy atom. The van der Waals surface area contributed by atoms with Crippen LogP contribution in [0.25, 0.3) is 22.0 Å². The molecule has 4 rings (SSSR count). The van der Waals surface area contributed by atoms with Crippen molar-refractivity contribution in [3.63, 3.8) is 0 Å². The molecule has 0 aliphatic heterocycles. The van der Waals surface area contributed by atoms with Crippen LogP contribution in [0.3, 0.4) is 0 Å². The molecule has 7 nitrogen and oxygen atoms in total. The summed E-state index contributed by atoms with van der Waals surface area (Å²) >= 11 is 0. The number of carbonyl (C=O) groups is 1. The van der Waals surface area contributed by atoms with Crippen LogP contribution in [0.1, 0.15) is 22.8 Å². The van der Waals surface area contributed by atoms with Crippen LogP contribution in [0, 0.1) is 11.0 Å². The first-order valence-electron chi connectivity index (χ1n) is 9.79. The molecule has 0 unspecified atom stereocenters. The Hall–Kier alpha value is -3.94. The number of halogens is 1. The molecule has 1 amide bonds. The molecule has 2 aromatic carbocycles. The van der Waals surface area contributed by atoms with Crippen molar-refractivity contribution >= 4 is 16.8 Å². The molecule has 2 heterocycles. The SMILES string of the molecule is CCOc1cc(C(=O)N(C)Cc2c[n+]([O-])cc3cn[nH]c23)ccc1-c1cccc(F)c1. The summed E-state index contributed by atoms with van der Waals surface area (Å²) in [5.74, 6) is -0.0791. The Labute approximate surface area is 178 Å². The first-order valence-corrected chi connectivity index (χ1v) is 9.79. The molecular formula is C23H21FN4O3. The minimum atomic E-state index is -0.344. The molecule has 8 heteroatoms. The molecule has 0 aliphatic rings. The molecule has 0 spiro atoms. The summed E-state index contributed by atoms with van der Waals surface area (Å²) in [6.45, 7) is 2.47. The number of fused-ring (bicyclic) bond motifs is 1. The van der Waals surface area contributed by atoms with E-state index in [0.29, 0.717) is 50.2 Å². The number of hydrogen-bond acceptors (Lipinski definition) is 4. The normalized spacial score (nSPS) is 10.9. The molecule has 158 valence electrons. The van der Waals surface area contributed by atoms with E-state index in [0.717, 1.165) is 0 Å². The monoisotopic (exact) mass is 420 g/mol. The summed E-state index contributed by atoms with van der Waals surface area (Å²) in [6.07, 6.45) is 4.40. The second-order valence-corrected chi connectivity index (χ2v) is 7.16. The topological polar surface area (TPSA) is 85.2 Å². The number of hydrogen-bond donors (Lipinski definition) is 1. The maximum atomic E-state index is 13.7. The fourth-order valence-electron chi connectivity index (χ4n) is 3.54. The van der Waals surface area contributed by atoms with Crippen molar-refractivity contribution in [1.82, 2.24) is 15.1 Å². The van der Waals surface area contributed by atoms with Crippen LogP contribution in [0.2, 0.25) is 0 Å². The van der Waals surface area contributed by atoms with Gasteiger partial charge in [0.05, 0.1) is 35.8 Å². The van der Waals surface area contributed by atoms with Crippen molar-refractivity contribution in [3.8, 4) is 16.9 Å².